The van der Waals surface area contributed by atoms with Gasteiger partial charge in [-0.15, -0.1) is 0 Å². The van der Waals surface area contributed by atoms with Crippen molar-refractivity contribution in [1.82, 2.24) is 16.2 Å². The molecule has 14 heavy (non-hydrogen) atoms. The van der Waals surface area contributed by atoms with Crippen LogP contribution in [0.1, 0.15) is 5.56 Å². The molecule has 0 amide bonds. The predicted molar refractivity (Wildman–Crippen MR) is 63.1 cm³/mol. The van der Waals surface area contributed by atoms with Crippen LogP contribution in [0.25, 0.3) is 0 Å². The Hall–Kier alpha value is -0.840. The first-order chi connectivity index (χ1) is 6.72. The second-order valence-electron chi connectivity index (χ2n) is 2.68. The Labute approximate surface area is 93.8 Å². The number of rotatable bonds is 3. The summed E-state index contributed by atoms with van der Waals surface area (Å²) in [4.78, 5) is 0. The molecule has 1 aromatic carbocycles. The number of hydrogen-bond donors (Lipinski definition) is 3. The van der Waals surface area contributed by atoms with Crippen LogP contribution in [0, 0.1) is 0 Å². The molecule has 0 atom stereocenters. The lowest BCUT2D eigenvalue weighted by molar-refractivity contribution is 0.648. The van der Waals surface area contributed by atoms with E-state index in [1.54, 1.807) is 7.05 Å². The molecule has 0 aliphatic heterocycles. The third kappa shape index (κ3) is 3.91. The smallest absolute Gasteiger partial charge is 0.180 e. The van der Waals surface area contributed by atoms with Crippen LogP contribution >= 0.6 is 23.8 Å². The van der Waals surface area contributed by atoms with E-state index in [1.807, 2.05) is 24.3 Å². The molecular formula is C9H12ClN3S. The van der Waals surface area contributed by atoms with Crippen LogP contribution in [0.2, 0.25) is 5.02 Å². The van der Waals surface area contributed by atoms with E-state index in [1.165, 1.54) is 0 Å². The van der Waals surface area contributed by atoms with Crippen LogP contribution in [-0.2, 0) is 6.54 Å². The van der Waals surface area contributed by atoms with Crippen LogP contribution < -0.4 is 16.2 Å². The Morgan fingerprint density at radius 2 is 2.00 bits per heavy atom. The van der Waals surface area contributed by atoms with Crippen molar-refractivity contribution in [2.24, 2.45) is 0 Å². The summed E-state index contributed by atoms with van der Waals surface area (Å²) in [5, 5.41) is 4.11. The van der Waals surface area contributed by atoms with Gasteiger partial charge in [-0.3, -0.25) is 5.43 Å². The number of nitrogens with one attached hydrogen (secondary N) is 3. The lowest BCUT2D eigenvalue weighted by Gasteiger charge is -2.08. The maximum absolute atomic E-state index is 5.75. The fourth-order valence-corrected chi connectivity index (χ4v) is 1.09. The Morgan fingerprint density at radius 1 is 1.36 bits per heavy atom. The number of thiocarbonyl (C=S) groups is 1. The zero-order valence-electron chi connectivity index (χ0n) is 7.80. The molecule has 0 radical (unpaired) electrons. The highest BCUT2D eigenvalue weighted by molar-refractivity contribution is 7.80. The SMILES string of the molecule is CNC(=S)NNCc1ccc(Cl)cc1. The first-order valence-corrected chi connectivity index (χ1v) is 4.96. The van der Waals surface area contributed by atoms with Gasteiger partial charge in [-0.25, -0.2) is 5.43 Å². The molecule has 0 unspecified atom stereocenters. The highest BCUT2D eigenvalue weighted by Crippen LogP contribution is 2.08. The van der Waals surface area contributed by atoms with Gasteiger partial charge >= 0.3 is 0 Å². The van der Waals surface area contributed by atoms with Gasteiger partial charge in [0.1, 0.15) is 0 Å². The molecule has 0 saturated heterocycles. The van der Waals surface area contributed by atoms with Gasteiger partial charge in [0, 0.05) is 18.6 Å². The molecule has 3 N–H and O–H groups in total. The molecule has 0 spiro atoms. The summed E-state index contributed by atoms with van der Waals surface area (Å²) in [6, 6.07) is 7.63. The van der Waals surface area contributed by atoms with Gasteiger partial charge in [0.05, 0.1) is 0 Å². The largest absolute Gasteiger partial charge is 0.365 e. The molecule has 1 aromatic rings. The standard InChI is InChI=1S/C9H12ClN3S/c1-11-9(14)13-12-6-7-2-4-8(10)5-3-7/h2-5,12H,6H2,1H3,(H2,11,13,14). The fourth-order valence-electron chi connectivity index (χ4n) is 0.891. The van der Waals surface area contributed by atoms with Crippen LogP contribution in [0.15, 0.2) is 24.3 Å². The van der Waals surface area contributed by atoms with E-state index >= 15 is 0 Å². The number of hydrogen-bond acceptors (Lipinski definition) is 2. The molecular weight excluding hydrogens is 218 g/mol. The molecule has 0 fully saturated rings. The highest BCUT2D eigenvalue weighted by Gasteiger charge is 1.93. The minimum atomic E-state index is 0.568. The van der Waals surface area contributed by atoms with Crippen molar-refractivity contribution in [3.8, 4) is 0 Å². The van der Waals surface area contributed by atoms with Crippen LogP contribution in [0.4, 0.5) is 0 Å². The van der Waals surface area contributed by atoms with Gasteiger partial charge in [0.15, 0.2) is 5.11 Å². The van der Waals surface area contributed by atoms with Gasteiger partial charge in [-0.05, 0) is 29.9 Å². The van der Waals surface area contributed by atoms with E-state index in [2.05, 4.69) is 16.2 Å². The summed E-state index contributed by atoms with van der Waals surface area (Å²) in [5.41, 5.74) is 6.95. The molecule has 76 valence electrons. The first-order valence-electron chi connectivity index (χ1n) is 4.17. The summed E-state index contributed by atoms with van der Waals surface area (Å²) in [5.74, 6) is 0. The fraction of sp³-hybridized carbons (Fsp3) is 0.222. The van der Waals surface area contributed by atoms with Crippen LogP contribution in [0.3, 0.4) is 0 Å². The molecule has 0 aliphatic carbocycles. The molecule has 5 heteroatoms. The summed E-state index contributed by atoms with van der Waals surface area (Å²) >= 11 is 10.6. The van der Waals surface area contributed by atoms with Crippen molar-refractivity contribution in [2.75, 3.05) is 7.05 Å². The maximum atomic E-state index is 5.75. The van der Waals surface area contributed by atoms with E-state index in [0.29, 0.717) is 11.7 Å². The second-order valence-corrected chi connectivity index (χ2v) is 3.53. The summed E-state index contributed by atoms with van der Waals surface area (Å²) < 4.78 is 0. The summed E-state index contributed by atoms with van der Waals surface area (Å²) in [6.07, 6.45) is 0. The van der Waals surface area contributed by atoms with Gasteiger partial charge in [-0.2, -0.15) is 0 Å². The third-order valence-electron chi connectivity index (χ3n) is 1.63. The van der Waals surface area contributed by atoms with E-state index < -0.39 is 0 Å². The number of benzene rings is 1. The molecule has 3 nitrogen and oxygen atoms in total. The van der Waals surface area contributed by atoms with Crippen molar-refractivity contribution in [3.05, 3.63) is 34.9 Å². The Balaban J connectivity index is 2.31. The van der Waals surface area contributed by atoms with Gasteiger partial charge < -0.3 is 5.32 Å². The van der Waals surface area contributed by atoms with Crippen molar-refractivity contribution in [1.29, 1.82) is 0 Å². The van der Waals surface area contributed by atoms with Crippen molar-refractivity contribution >= 4 is 28.9 Å². The van der Waals surface area contributed by atoms with Crippen molar-refractivity contribution in [3.63, 3.8) is 0 Å². The maximum Gasteiger partial charge on any atom is 0.180 e. The number of hydrazine groups is 1. The Morgan fingerprint density at radius 3 is 2.57 bits per heavy atom. The molecule has 1 rings (SSSR count). The Kier molecular flexibility index (Phi) is 4.65. The monoisotopic (exact) mass is 229 g/mol. The Bertz CT molecular complexity index is 299. The summed E-state index contributed by atoms with van der Waals surface area (Å²) in [6.45, 7) is 0.693. The van der Waals surface area contributed by atoms with E-state index in [9.17, 15) is 0 Å². The quantitative estimate of drug-likeness (QED) is 0.542. The summed E-state index contributed by atoms with van der Waals surface area (Å²) in [7, 11) is 1.76. The molecule has 0 bridgehead atoms. The first kappa shape index (κ1) is 11.2. The zero-order valence-corrected chi connectivity index (χ0v) is 9.38. The minimum Gasteiger partial charge on any atom is -0.365 e. The van der Waals surface area contributed by atoms with Crippen molar-refractivity contribution in [2.45, 2.75) is 6.54 Å². The third-order valence-corrected chi connectivity index (χ3v) is 2.19. The lowest BCUT2D eigenvalue weighted by Crippen LogP contribution is -2.42. The average Bonchev–Trinajstić information content (AvgIpc) is 2.21. The van der Waals surface area contributed by atoms with Crippen LogP contribution in [-0.4, -0.2) is 12.2 Å². The molecule has 0 saturated carbocycles. The second kappa shape index (κ2) is 5.80. The van der Waals surface area contributed by atoms with Gasteiger partial charge in [0.2, 0.25) is 0 Å². The number of halogens is 1. The average molecular weight is 230 g/mol. The van der Waals surface area contributed by atoms with E-state index in [0.717, 1.165) is 10.6 Å². The molecule has 0 aromatic heterocycles. The molecule has 0 heterocycles. The lowest BCUT2D eigenvalue weighted by atomic mass is 10.2. The van der Waals surface area contributed by atoms with E-state index in [4.69, 9.17) is 23.8 Å². The highest BCUT2D eigenvalue weighted by atomic mass is 35.5. The van der Waals surface area contributed by atoms with Gasteiger partial charge in [0.25, 0.3) is 0 Å². The topological polar surface area (TPSA) is 36.1 Å². The van der Waals surface area contributed by atoms with Gasteiger partial charge in [-0.1, -0.05) is 23.7 Å². The van der Waals surface area contributed by atoms with Crippen molar-refractivity contribution < 1.29 is 0 Å². The molecule has 0 aliphatic rings. The van der Waals surface area contributed by atoms with Crippen LogP contribution in [0.5, 0.6) is 0 Å². The zero-order chi connectivity index (χ0) is 10.4. The minimum absolute atomic E-state index is 0.568. The predicted octanol–water partition coefficient (Wildman–Crippen LogP) is 1.44. The van der Waals surface area contributed by atoms with E-state index in [-0.39, 0.29) is 0 Å². The normalized spacial score (nSPS) is 9.57.